The highest BCUT2D eigenvalue weighted by Crippen LogP contribution is 2.11. The van der Waals surface area contributed by atoms with Crippen LogP contribution in [0, 0.1) is 18.3 Å². The number of nitriles is 1. The molecular formula is C18H19N3O2. The molecule has 0 bridgehead atoms. The second-order valence-electron chi connectivity index (χ2n) is 5.06. The molecule has 1 amide bonds. The summed E-state index contributed by atoms with van der Waals surface area (Å²) >= 11 is 0. The van der Waals surface area contributed by atoms with Crippen LogP contribution < -0.4 is 15.4 Å². The normalized spacial score (nSPS) is 9.74. The predicted octanol–water partition coefficient (Wildman–Crippen LogP) is 2.47. The van der Waals surface area contributed by atoms with Crippen molar-refractivity contribution in [2.75, 3.05) is 25.0 Å². The van der Waals surface area contributed by atoms with Crippen LogP contribution in [0.15, 0.2) is 48.5 Å². The van der Waals surface area contributed by atoms with E-state index in [0.29, 0.717) is 18.7 Å². The number of nitrogens with zero attached hydrogens (tertiary/aromatic N) is 1. The van der Waals surface area contributed by atoms with Gasteiger partial charge in [0.25, 0.3) is 0 Å². The summed E-state index contributed by atoms with van der Waals surface area (Å²) in [7, 11) is 0. The molecule has 5 nitrogen and oxygen atoms in total. The molecular weight excluding hydrogens is 290 g/mol. The summed E-state index contributed by atoms with van der Waals surface area (Å²) in [5.41, 5.74) is 2.44. The molecule has 0 saturated heterocycles. The van der Waals surface area contributed by atoms with Gasteiger partial charge in [-0.25, -0.2) is 0 Å². The molecule has 0 aliphatic rings. The number of benzene rings is 2. The first-order valence-corrected chi connectivity index (χ1v) is 7.37. The van der Waals surface area contributed by atoms with Crippen molar-refractivity contribution in [2.45, 2.75) is 6.92 Å². The van der Waals surface area contributed by atoms with Gasteiger partial charge in [0.05, 0.1) is 24.7 Å². The molecule has 2 rings (SSSR count). The van der Waals surface area contributed by atoms with Gasteiger partial charge in [0.1, 0.15) is 12.4 Å². The van der Waals surface area contributed by atoms with Crippen molar-refractivity contribution in [2.24, 2.45) is 0 Å². The Morgan fingerprint density at radius 3 is 2.83 bits per heavy atom. The molecule has 0 spiro atoms. The minimum absolute atomic E-state index is 0.125. The monoisotopic (exact) mass is 309 g/mol. The fourth-order valence-corrected chi connectivity index (χ4v) is 2.01. The zero-order valence-corrected chi connectivity index (χ0v) is 13.0. The number of amides is 1. The van der Waals surface area contributed by atoms with Crippen LogP contribution >= 0.6 is 0 Å². The third kappa shape index (κ3) is 5.71. The first-order chi connectivity index (χ1) is 11.2. The van der Waals surface area contributed by atoms with Crippen molar-refractivity contribution in [1.82, 2.24) is 5.32 Å². The molecule has 0 fully saturated rings. The summed E-state index contributed by atoms with van der Waals surface area (Å²) in [6.45, 7) is 3.01. The Hall–Kier alpha value is -3.00. The molecule has 0 saturated carbocycles. The van der Waals surface area contributed by atoms with E-state index >= 15 is 0 Å². The summed E-state index contributed by atoms with van der Waals surface area (Å²) in [6.07, 6.45) is 0. The SMILES string of the molecule is Cc1cccc(OCCNC(=O)CNc2cccc(C#N)c2)c1. The Kier molecular flexibility index (Phi) is 6.01. The summed E-state index contributed by atoms with van der Waals surface area (Å²) in [5, 5.41) is 14.6. The van der Waals surface area contributed by atoms with E-state index in [2.05, 4.69) is 16.7 Å². The van der Waals surface area contributed by atoms with Crippen molar-refractivity contribution in [3.8, 4) is 11.8 Å². The highest BCUT2D eigenvalue weighted by Gasteiger charge is 2.01. The zero-order chi connectivity index (χ0) is 16.5. The minimum Gasteiger partial charge on any atom is -0.492 e. The lowest BCUT2D eigenvalue weighted by molar-refractivity contribution is -0.119. The number of hydrogen-bond acceptors (Lipinski definition) is 4. The van der Waals surface area contributed by atoms with Gasteiger partial charge in [0, 0.05) is 5.69 Å². The van der Waals surface area contributed by atoms with Gasteiger partial charge >= 0.3 is 0 Å². The molecule has 0 aliphatic heterocycles. The molecule has 0 atom stereocenters. The highest BCUT2D eigenvalue weighted by atomic mass is 16.5. The second-order valence-corrected chi connectivity index (χ2v) is 5.06. The first-order valence-electron chi connectivity index (χ1n) is 7.37. The Morgan fingerprint density at radius 2 is 2.04 bits per heavy atom. The maximum Gasteiger partial charge on any atom is 0.239 e. The van der Waals surface area contributed by atoms with Crippen molar-refractivity contribution >= 4 is 11.6 Å². The van der Waals surface area contributed by atoms with E-state index in [1.807, 2.05) is 37.3 Å². The first kappa shape index (κ1) is 16.4. The van der Waals surface area contributed by atoms with Gasteiger partial charge in [-0.15, -0.1) is 0 Å². The largest absolute Gasteiger partial charge is 0.492 e. The van der Waals surface area contributed by atoms with E-state index in [9.17, 15) is 4.79 Å². The van der Waals surface area contributed by atoms with Crippen LogP contribution in [-0.2, 0) is 4.79 Å². The van der Waals surface area contributed by atoms with Crippen molar-refractivity contribution in [3.05, 3.63) is 59.7 Å². The molecule has 5 heteroatoms. The van der Waals surface area contributed by atoms with Crippen LogP contribution in [0.2, 0.25) is 0 Å². The summed E-state index contributed by atoms with van der Waals surface area (Å²) in [6, 6.07) is 16.8. The van der Waals surface area contributed by atoms with E-state index < -0.39 is 0 Å². The van der Waals surface area contributed by atoms with Gasteiger partial charge in [0.2, 0.25) is 5.91 Å². The number of aryl methyl sites for hydroxylation is 1. The molecule has 0 unspecified atom stereocenters. The fourth-order valence-electron chi connectivity index (χ4n) is 2.01. The Labute approximate surface area is 135 Å². The number of rotatable bonds is 7. The lowest BCUT2D eigenvalue weighted by atomic mass is 10.2. The smallest absolute Gasteiger partial charge is 0.239 e. The Balaban J connectivity index is 1.66. The van der Waals surface area contributed by atoms with E-state index in [0.717, 1.165) is 17.0 Å². The molecule has 2 aromatic carbocycles. The Bertz CT molecular complexity index is 707. The third-order valence-corrected chi connectivity index (χ3v) is 3.13. The Morgan fingerprint density at radius 1 is 1.22 bits per heavy atom. The summed E-state index contributed by atoms with van der Waals surface area (Å²) in [4.78, 5) is 11.7. The van der Waals surface area contributed by atoms with Gasteiger partial charge in [0.15, 0.2) is 0 Å². The number of ether oxygens (including phenoxy) is 1. The molecule has 0 aromatic heterocycles. The third-order valence-electron chi connectivity index (χ3n) is 3.13. The van der Waals surface area contributed by atoms with Gasteiger partial charge in [-0.2, -0.15) is 5.26 Å². The molecule has 118 valence electrons. The maximum atomic E-state index is 11.7. The van der Waals surface area contributed by atoms with Crippen LogP contribution in [-0.4, -0.2) is 25.6 Å². The number of hydrogen-bond donors (Lipinski definition) is 2. The van der Waals surface area contributed by atoms with Gasteiger partial charge in [-0.3, -0.25) is 4.79 Å². The molecule has 0 heterocycles. The van der Waals surface area contributed by atoms with E-state index in [1.165, 1.54) is 0 Å². The molecule has 0 aliphatic carbocycles. The molecule has 2 N–H and O–H groups in total. The number of anilines is 1. The summed E-state index contributed by atoms with van der Waals surface area (Å²) < 4.78 is 5.56. The van der Waals surface area contributed by atoms with Gasteiger partial charge < -0.3 is 15.4 Å². The zero-order valence-electron chi connectivity index (χ0n) is 13.0. The van der Waals surface area contributed by atoms with Crippen LogP contribution in [0.3, 0.4) is 0 Å². The van der Waals surface area contributed by atoms with E-state index in [4.69, 9.17) is 10.00 Å². The van der Waals surface area contributed by atoms with E-state index in [-0.39, 0.29) is 12.5 Å². The maximum absolute atomic E-state index is 11.7. The van der Waals surface area contributed by atoms with Crippen LogP contribution in [0.1, 0.15) is 11.1 Å². The van der Waals surface area contributed by atoms with Gasteiger partial charge in [-0.1, -0.05) is 18.2 Å². The predicted molar refractivity (Wildman–Crippen MR) is 89.3 cm³/mol. The molecule has 2 aromatic rings. The van der Waals surface area contributed by atoms with Crippen LogP contribution in [0.5, 0.6) is 5.75 Å². The average molecular weight is 309 g/mol. The standard InChI is InChI=1S/C18H19N3O2/c1-14-4-2-7-17(10-14)23-9-8-20-18(22)13-21-16-6-3-5-15(11-16)12-19/h2-7,10-11,21H,8-9,13H2,1H3,(H,20,22). The van der Waals surface area contributed by atoms with Crippen LogP contribution in [0.4, 0.5) is 5.69 Å². The lowest BCUT2D eigenvalue weighted by Gasteiger charge is -2.09. The van der Waals surface area contributed by atoms with E-state index in [1.54, 1.807) is 18.2 Å². The number of carbonyl (C=O) groups excluding carboxylic acids is 1. The van der Waals surface area contributed by atoms with Crippen LogP contribution in [0.25, 0.3) is 0 Å². The number of nitrogens with one attached hydrogen (secondary N) is 2. The average Bonchev–Trinajstić information content (AvgIpc) is 2.57. The number of carbonyl (C=O) groups is 1. The van der Waals surface area contributed by atoms with Crippen molar-refractivity contribution < 1.29 is 9.53 Å². The molecule has 23 heavy (non-hydrogen) atoms. The molecule has 0 radical (unpaired) electrons. The quantitative estimate of drug-likeness (QED) is 0.771. The second kappa shape index (κ2) is 8.44. The topological polar surface area (TPSA) is 74.2 Å². The van der Waals surface area contributed by atoms with Crippen molar-refractivity contribution in [1.29, 1.82) is 5.26 Å². The highest BCUT2D eigenvalue weighted by molar-refractivity contribution is 5.80. The lowest BCUT2D eigenvalue weighted by Crippen LogP contribution is -2.33. The van der Waals surface area contributed by atoms with Crippen molar-refractivity contribution in [3.63, 3.8) is 0 Å². The fraction of sp³-hybridized carbons (Fsp3) is 0.222. The van der Waals surface area contributed by atoms with Gasteiger partial charge in [-0.05, 0) is 42.8 Å². The summed E-state index contributed by atoms with van der Waals surface area (Å²) in [5.74, 6) is 0.672. The minimum atomic E-state index is -0.125.